The average Bonchev–Trinajstić information content (AvgIpc) is 4.11. The van der Waals surface area contributed by atoms with Crippen LogP contribution in [0.3, 0.4) is 0 Å². The second kappa shape index (κ2) is 16.2. The summed E-state index contributed by atoms with van der Waals surface area (Å²) in [6.45, 7) is 4.96. The molecule has 4 heterocycles. The van der Waals surface area contributed by atoms with Crippen molar-refractivity contribution in [3.05, 3.63) is 60.4 Å². The maximum absolute atomic E-state index is 14.7. The number of nitrogens with one attached hydrogen (secondary N) is 3. The van der Waals surface area contributed by atoms with E-state index in [1.54, 1.807) is 52.1 Å². The molecule has 324 valence electrons. The maximum Gasteiger partial charge on any atom is 0.408 e. The van der Waals surface area contributed by atoms with Crippen molar-refractivity contribution in [1.29, 1.82) is 0 Å². The summed E-state index contributed by atoms with van der Waals surface area (Å²) >= 11 is 0. The SMILES string of the molecule is COc1ccc(-c2nc(O[C@@H]3C[C@H]4C(=O)N[C@]5(C(=O)NS(=O)(=O)C6CC6)C[C@H]5/C=C\CCCCC[C@H](NC(=O)OC(C)(C)C)C(=O)N4C3)c3oc4ccc(F)cc4c3n2)cc1. The number of benzene rings is 2. The lowest BCUT2D eigenvalue weighted by Gasteiger charge is -2.30. The quantitative estimate of drug-likeness (QED) is 0.190. The Morgan fingerprint density at radius 2 is 1.80 bits per heavy atom. The molecule has 8 rings (SSSR count). The molecule has 3 N–H and O–H groups in total. The Morgan fingerprint density at radius 1 is 1.03 bits per heavy atom. The first-order valence-corrected chi connectivity index (χ1v) is 22.1. The number of methoxy groups -OCH3 is 1. The van der Waals surface area contributed by atoms with Crippen LogP contribution in [0.5, 0.6) is 11.6 Å². The van der Waals surface area contributed by atoms with E-state index in [1.807, 2.05) is 12.2 Å². The van der Waals surface area contributed by atoms with Crippen LogP contribution in [0.2, 0.25) is 0 Å². The normalized spacial score (nSPS) is 25.4. The van der Waals surface area contributed by atoms with E-state index in [-0.39, 0.29) is 48.6 Å². The van der Waals surface area contributed by atoms with Gasteiger partial charge in [0.05, 0.1) is 18.9 Å². The Labute approximate surface area is 352 Å². The van der Waals surface area contributed by atoms with E-state index in [2.05, 4.69) is 15.4 Å². The van der Waals surface area contributed by atoms with Crippen molar-refractivity contribution in [1.82, 2.24) is 30.2 Å². The first-order valence-electron chi connectivity index (χ1n) is 20.6. The fraction of sp³-hybridized carbons (Fsp3) is 0.488. The molecule has 2 aromatic carbocycles. The molecule has 0 unspecified atom stereocenters. The van der Waals surface area contributed by atoms with Crippen molar-refractivity contribution < 1.29 is 50.6 Å². The third kappa shape index (κ3) is 8.99. The van der Waals surface area contributed by atoms with E-state index in [9.17, 15) is 32.0 Å². The Morgan fingerprint density at radius 3 is 2.52 bits per heavy atom. The van der Waals surface area contributed by atoms with Crippen molar-refractivity contribution in [2.75, 3.05) is 13.7 Å². The molecule has 4 aliphatic rings. The number of alkyl carbamates (subject to hydrolysis) is 1. The Bertz CT molecular complexity index is 2520. The van der Waals surface area contributed by atoms with Gasteiger partial charge in [-0.25, -0.2) is 22.6 Å². The number of ether oxygens (including phenoxy) is 3. The van der Waals surface area contributed by atoms with E-state index < -0.39 is 80.2 Å². The van der Waals surface area contributed by atoms with Crippen LogP contribution in [-0.2, 0) is 29.1 Å². The predicted molar refractivity (Wildman–Crippen MR) is 220 cm³/mol. The molecule has 1 saturated heterocycles. The van der Waals surface area contributed by atoms with Gasteiger partial charge in [-0.15, -0.1) is 0 Å². The summed E-state index contributed by atoms with van der Waals surface area (Å²) in [6, 6.07) is 8.68. The monoisotopic (exact) mass is 860 g/mol. The highest BCUT2D eigenvalue weighted by Gasteiger charge is 2.62. The second-order valence-electron chi connectivity index (χ2n) is 17.2. The van der Waals surface area contributed by atoms with Gasteiger partial charge in [-0.05, 0) is 102 Å². The van der Waals surface area contributed by atoms with Crippen LogP contribution >= 0.6 is 0 Å². The second-order valence-corrected chi connectivity index (χ2v) is 19.2. The minimum atomic E-state index is -3.95. The molecule has 18 heteroatoms. The summed E-state index contributed by atoms with van der Waals surface area (Å²) < 4.78 is 66.2. The summed E-state index contributed by atoms with van der Waals surface area (Å²) in [7, 11) is -2.41. The minimum Gasteiger partial charge on any atom is -0.497 e. The zero-order valence-electron chi connectivity index (χ0n) is 34.4. The zero-order chi connectivity index (χ0) is 43.3. The Balaban J connectivity index is 1.15. The van der Waals surface area contributed by atoms with Crippen LogP contribution in [0.4, 0.5) is 9.18 Å². The first kappa shape index (κ1) is 41.9. The van der Waals surface area contributed by atoms with Gasteiger partial charge in [-0.1, -0.05) is 25.0 Å². The van der Waals surface area contributed by atoms with Crippen LogP contribution in [0, 0.1) is 11.7 Å². The third-order valence-corrected chi connectivity index (χ3v) is 13.2. The fourth-order valence-electron chi connectivity index (χ4n) is 7.99. The number of amides is 4. The largest absolute Gasteiger partial charge is 0.497 e. The maximum atomic E-state index is 14.7. The highest BCUT2D eigenvalue weighted by Crippen LogP contribution is 2.46. The number of nitrogens with zero attached hydrogens (tertiary/aromatic N) is 3. The van der Waals surface area contributed by atoms with Crippen LogP contribution < -0.4 is 24.8 Å². The molecule has 0 spiro atoms. The summed E-state index contributed by atoms with van der Waals surface area (Å²) in [4.78, 5) is 67.0. The van der Waals surface area contributed by atoms with E-state index in [0.717, 1.165) is 6.42 Å². The number of carbonyl (C=O) groups is 4. The number of furan rings is 1. The molecule has 2 aromatic heterocycles. The van der Waals surface area contributed by atoms with Crippen LogP contribution in [-0.4, -0.2) is 95.3 Å². The van der Waals surface area contributed by atoms with Gasteiger partial charge in [0.15, 0.2) is 5.82 Å². The van der Waals surface area contributed by atoms with Crippen molar-refractivity contribution in [3.63, 3.8) is 0 Å². The van der Waals surface area contributed by atoms with Gasteiger partial charge in [0.1, 0.15) is 52.0 Å². The minimum absolute atomic E-state index is 0.0232. The number of rotatable bonds is 8. The molecule has 5 atom stereocenters. The van der Waals surface area contributed by atoms with Gasteiger partial charge in [0, 0.05) is 23.3 Å². The fourth-order valence-corrected chi connectivity index (χ4v) is 9.36. The van der Waals surface area contributed by atoms with Crippen LogP contribution in [0.15, 0.2) is 59.0 Å². The lowest BCUT2D eigenvalue weighted by atomic mass is 10.0. The summed E-state index contributed by atoms with van der Waals surface area (Å²) in [5, 5.41) is 5.29. The molecule has 3 fully saturated rings. The van der Waals surface area contributed by atoms with Gasteiger partial charge in [-0.2, -0.15) is 4.98 Å². The topological polar surface area (TPSA) is 208 Å². The number of carbonyl (C=O) groups excluding carboxylic acids is 4. The lowest BCUT2D eigenvalue weighted by Crippen LogP contribution is -2.58. The number of aromatic nitrogens is 2. The third-order valence-electron chi connectivity index (χ3n) is 11.4. The molecule has 61 heavy (non-hydrogen) atoms. The van der Waals surface area contributed by atoms with Crippen LogP contribution in [0.1, 0.15) is 78.6 Å². The molecule has 0 bridgehead atoms. The standard InChI is InChI=1S/C43H49FN6O10S/c1-42(2,3)60-41(54)45-31-11-9-7-5-6-8-10-25-22-43(25,40(53)49-61(55,56)29-17-18-29)48-37(51)32-21-28(23-50(32)39(31)52)58-38-35-34(30-20-26(44)14-19-33(30)59-35)46-36(47-38)24-12-15-27(57-4)16-13-24/h8,10,12-16,19-20,25,28-29,31-32H,5-7,9,11,17-18,21-23H2,1-4H3,(H,45,54)(H,48,51)(H,49,53)/b10-8-/t25-,28-,31+,32+,43-/m1/s1. The van der Waals surface area contributed by atoms with Gasteiger partial charge < -0.3 is 34.2 Å². The lowest BCUT2D eigenvalue weighted by molar-refractivity contribution is -0.141. The molecule has 16 nitrogen and oxygen atoms in total. The summed E-state index contributed by atoms with van der Waals surface area (Å²) in [6.07, 6.45) is 5.94. The van der Waals surface area contributed by atoms with Gasteiger partial charge in [-0.3, -0.25) is 19.1 Å². The molecular formula is C43H49FN6O10S. The summed E-state index contributed by atoms with van der Waals surface area (Å²) in [5.41, 5.74) is -1.13. The van der Waals surface area contributed by atoms with E-state index >= 15 is 0 Å². The molecule has 0 radical (unpaired) electrons. The number of halogens is 1. The average molecular weight is 861 g/mol. The van der Waals surface area contributed by atoms with Crippen molar-refractivity contribution in [2.24, 2.45) is 5.92 Å². The Hall–Kier alpha value is -5.78. The van der Waals surface area contributed by atoms with Gasteiger partial charge in [0.25, 0.3) is 11.8 Å². The molecular weight excluding hydrogens is 812 g/mol. The molecule has 2 aliphatic carbocycles. The summed E-state index contributed by atoms with van der Waals surface area (Å²) in [5.74, 6) is -2.30. The highest BCUT2D eigenvalue weighted by molar-refractivity contribution is 7.91. The number of hydrogen-bond acceptors (Lipinski definition) is 12. The predicted octanol–water partition coefficient (Wildman–Crippen LogP) is 5.44. The number of allylic oxidation sites excluding steroid dienone is 1. The first-order chi connectivity index (χ1) is 29.0. The molecule has 4 amide bonds. The van der Waals surface area contributed by atoms with E-state index in [1.165, 1.54) is 23.1 Å². The number of hydrogen-bond donors (Lipinski definition) is 3. The van der Waals surface area contributed by atoms with E-state index in [4.69, 9.17) is 28.6 Å². The molecule has 2 saturated carbocycles. The van der Waals surface area contributed by atoms with Crippen molar-refractivity contribution in [3.8, 4) is 23.0 Å². The van der Waals surface area contributed by atoms with Crippen molar-refractivity contribution in [2.45, 2.75) is 113 Å². The highest BCUT2D eigenvalue weighted by atomic mass is 32.2. The number of sulfonamides is 1. The smallest absolute Gasteiger partial charge is 0.408 e. The van der Waals surface area contributed by atoms with Crippen molar-refractivity contribution >= 4 is 55.9 Å². The van der Waals surface area contributed by atoms with E-state index in [0.29, 0.717) is 54.4 Å². The zero-order valence-corrected chi connectivity index (χ0v) is 35.2. The number of fused-ring (bicyclic) bond motifs is 5. The van der Waals surface area contributed by atoms with Gasteiger partial charge in [0.2, 0.25) is 27.4 Å². The molecule has 2 aliphatic heterocycles. The molecule has 4 aromatic rings. The van der Waals surface area contributed by atoms with Crippen LogP contribution in [0.25, 0.3) is 33.5 Å². The van der Waals surface area contributed by atoms with Gasteiger partial charge >= 0.3 is 6.09 Å². The Kier molecular flexibility index (Phi) is 11.2.